The molecular formula is C25H52ClNO2. The molecule has 4 heteroatoms. The second-order valence-corrected chi connectivity index (χ2v) is 8.48. The van der Waals surface area contributed by atoms with E-state index in [4.69, 9.17) is 5.11 Å². The van der Waals surface area contributed by atoms with Crippen molar-refractivity contribution in [3.63, 3.8) is 0 Å². The Hall–Kier alpha value is -0.540. The van der Waals surface area contributed by atoms with Crippen molar-refractivity contribution in [2.24, 2.45) is 0 Å². The summed E-state index contributed by atoms with van der Waals surface area (Å²) in [5.74, 6) is -0.656. The molecule has 0 spiro atoms. The van der Waals surface area contributed by atoms with Crippen LogP contribution < -0.4 is 0 Å². The summed E-state index contributed by atoms with van der Waals surface area (Å²) in [6, 6.07) is 0. The summed E-state index contributed by atoms with van der Waals surface area (Å²) in [6.45, 7) is 2.27. The Bertz CT molecular complexity index is 330. The number of rotatable bonds is 19. The molecule has 0 unspecified atom stereocenters. The third-order valence-corrected chi connectivity index (χ3v) is 4.65. The van der Waals surface area contributed by atoms with Crippen molar-refractivity contribution >= 4 is 18.4 Å². The molecule has 0 atom stereocenters. The standard InChI is InChI=1S/C22H42O2.C3H9N.ClH/c1-2-3-4-5-6-7-8-9-10-11-12-13-14-15-16-17-18-19-20-21-22(23)24;1-4(2)3;/h9-10H,2-8,11-21H2,1H3,(H,23,24);1-3H3;1H/b10-9-;;. The minimum Gasteiger partial charge on any atom is -0.481 e. The Morgan fingerprint density at radius 3 is 1.31 bits per heavy atom. The molecule has 1 N–H and O–H groups in total. The average molecular weight is 434 g/mol. The first-order valence-electron chi connectivity index (χ1n) is 12.0. The summed E-state index contributed by atoms with van der Waals surface area (Å²) in [5.41, 5.74) is 0. The Balaban J connectivity index is -0.00000123. The first kappa shape index (κ1) is 33.1. The van der Waals surface area contributed by atoms with Crippen LogP contribution in [0.5, 0.6) is 0 Å². The normalized spacial score (nSPS) is 10.7. The van der Waals surface area contributed by atoms with Gasteiger partial charge in [0.1, 0.15) is 0 Å². The van der Waals surface area contributed by atoms with Crippen LogP contribution in [0.2, 0.25) is 0 Å². The maximum atomic E-state index is 10.4. The Kier molecular flexibility index (Phi) is 33.9. The molecule has 0 radical (unpaired) electrons. The lowest BCUT2D eigenvalue weighted by atomic mass is 10.1. The van der Waals surface area contributed by atoms with Gasteiger partial charge in [0.2, 0.25) is 0 Å². The van der Waals surface area contributed by atoms with Crippen LogP contribution in [-0.2, 0) is 4.79 Å². The summed E-state index contributed by atoms with van der Waals surface area (Å²) < 4.78 is 0. The van der Waals surface area contributed by atoms with Crippen molar-refractivity contribution < 1.29 is 9.90 Å². The maximum absolute atomic E-state index is 10.4. The molecule has 0 aromatic carbocycles. The van der Waals surface area contributed by atoms with Crippen LogP contribution in [0, 0.1) is 0 Å². The van der Waals surface area contributed by atoms with Gasteiger partial charge in [-0.05, 0) is 53.2 Å². The number of carboxylic acid groups (broad SMARTS) is 1. The minimum atomic E-state index is -0.656. The number of aliphatic carboxylic acids is 1. The predicted molar refractivity (Wildman–Crippen MR) is 132 cm³/mol. The Labute approximate surface area is 189 Å². The van der Waals surface area contributed by atoms with Gasteiger partial charge in [0.05, 0.1) is 0 Å². The summed E-state index contributed by atoms with van der Waals surface area (Å²) in [6.07, 6.45) is 27.1. The number of hydrogen-bond acceptors (Lipinski definition) is 2. The number of carbonyl (C=O) groups is 1. The zero-order chi connectivity index (χ0) is 21.3. The van der Waals surface area contributed by atoms with Gasteiger partial charge in [-0.15, -0.1) is 12.4 Å². The van der Waals surface area contributed by atoms with Gasteiger partial charge in [0.25, 0.3) is 0 Å². The van der Waals surface area contributed by atoms with Gasteiger partial charge in [0, 0.05) is 6.42 Å². The number of carboxylic acids is 1. The van der Waals surface area contributed by atoms with Crippen LogP contribution in [0.3, 0.4) is 0 Å². The molecule has 0 aliphatic rings. The van der Waals surface area contributed by atoms with E-state index >= 15 is 0 Å². The molecule has 0 aliphatic carbocycles. The zero-order valence-electron chi connectivity index (χ0n) is 20.1. The van der Waals surface area contributed by atoms with Gasteiger partial charge < -0.3 is 10.0 Å². The molecule has 29 heavy (non-hydrogen) atoms. The van der Waals surface area contributed by atoms with Gasteiger partial charge >= 0.3 is 5.97 Å². The lowest BCUT2D eigenvalue weighted by Gasteiger charge is -2.01. The van der Waals surface area contributed by atoms with Crippen molar-refractivity contribution in [3.8, 4) is 0 Å². The van der Waals surface area contributed by atoms with Crippen LogP contribution >= 0.6 is 12.4 Å². The highest BCUT2D eigenvalue weighted by molar-refractivity contribution is 5.85. The smallest absolute Gasteiger partial charge is 0.303 e. The van der Waals surface area contributed by atoms with E-state index in [0.717, 1.165) is 12.8 Å². The second kappa shape index (κ2) is 29.7. The summed E-state index contributed by atoms with van der Waals surface area (Å²) >= 11 is 0. The fourth-order valence-electron chi connectivity index (χ4n) is 3.05. The highest BCUT2D eigenvalue weighted by Gasteiger charge is 1.96. The summed E-state index contributed by atoms with van der Waals surface area (Å²) in [7, 11) is 6.00. The van der Waals surface area contributed by atoms with Crippen LogP contribution in [0.15, 0.2) is 12.2 Å². The number of nitrogens with zero attached hydrogens (tertiary/aromatic N) is 1. The van der Waals surface area contributed by atoms with Gasteiger partial charge in [-0.3, -0.25) is 4.79 Å². The largest absolute Gasteiger partial charge is 0.481 e. The second-order valence-electron chi connectivity index (χ2n) is 8.48. The third kappa shape index (κ3) is 42.5. The SMILES string of the molecule is CCCCCCCC/C=C\CCCCCCCCCCCC(=O)O.CN(C)C.Cl. The van der Waals surface area contributed by atoms with E-state index in [1.165, 1.54) is 96.3 Å². The van der Waals surface area contributed by atoms with Crippen molar-refractivity contribution in [1.29, 1.82) is 0 Å². The quantitative estimate of drug-likeness (QED) is 0.164. The van der Waals surface area contributed by atoms with Gasteiger partial charge in [0.15, 0.2) is 0 Å². The van der Waals surface area contributed by atoms with E-state index in [1.807, 2.05) is 26.0 Å². The number of hydrogen-bond donors (Lipinski definition) is 1. The molecule has 0 rings (SSSR count). The van der Waals surface area contributed by atoms with Crippen LogP contribution in [-0.4, -0.2) is 37.1 Å². The minimum absolute atomic E-state index is 0. The van der Waals surface area contributed by atoms with Crippen molar-refractivity contribution in [2.75, 3.05) is 21.1 Å². The van der Waals surface area contributed by atoms with E-state index in [-0.39, 0.29) is 12.4 Å². The van der Waals surface area contributed by atoms with Crippen LogP contribution in [0.1, 0.15) is 122 Å². The lowest BCUT2D eigenvalue weighted by Crippen LogP contribution is -1.99. The number of halogens is 1. The zero-order valence-corrected chi connectivity index (χ0v) is 20.9. The highest BCUT2D eigenvalue weighted by atomic mass is 35.5. The van der Waals surface area contributed by atoms with E-state index < -0.39 is 5.97 Å². The number of allylic oxidation sites excluding steroid dienone is 2. The van der Waals surface area contributed by atoms with Crippen LogP contribution in [0.25, 0.3) is 0 Å². The molecule has 0 aromatic rings. The molecule has 0 fully saturated rings. The molecule has 0 heterocycles. The molecular weight excluding hydrogens is 382 g/mol. The molecule has 0 aliphatic heterocycles. The summed E-state index contributed by atoms with van der Waals surface area (Å²) in [4.78, 5) is 12.4. The predicted octanol–water partition coefficient (Wildman–Crippen LogP) is 8.27. The molecule has 176 valence electrons. The monoisotopic (exact) mass is 433 g/mol. The molecule has 0 saturated heterocycles. The number of unbranched alkanes of at least 4 members (excludes halogenated alkanes) is 15. The molecule has 0 saturated carbocycles. The molecule has 0 amide bonds. The first-order valence-corrected chi connectivity index (χ1v) is 12.0. The maximum Gasteiger partial charge on any atom is 0.303 e. The molecule has 3 nitrogen and oxygen atoms in total. The van der Waals surface area contributed by atoms with Crippen molar-refractivity contribution in [2.45, 2.75) is 122 Å². The van der Waals surface area contributed by atoms with E-state index in [2.05, 4.69) is 19.1 Å². The van der Waals surface area contributed by atoms with Gasteiger partial charge in [-0.2, -0.15) is 0 Å². The molecule has 0 bridgehead atoms. The van der Waals surface area contributed by atoms with E-state index in [9.17, 15) is 4.79 Å². The fraction of sp³-hybridized carbons (Fsp3) is 0.880. The van der Waals surface area contributed by atoms with Gasteiger partial charge in [-0.25, -0.2) is 0 Å². The topological polar surface area (TPSA) is 40.5 Å². The first-order chi connectivity index (χ1) is 13.5. The van der Waals surface area contributed by atoms with E-state index in [0.29, 0.717) is 6.42 Å². The average Bonchev–Trinajstić information content (AvgIpc) is 2.63. The van der Waals surface area contributed by atoms with E-state index in [1.54, 1.807) is 0 Å². The Morgan fingerprint density at radius 1 is 0.655 bits per heavy atom. The van der Waals surface area contributed by atoms with Crippen molar-refractivity contribution in [1.82, 2.24) is 4.90 Å². The van der Waals surface area contributed by atoms with Crippen LogP contribution in [0.4, 0.5) is 0 Å². The highest BCUT2D eigenvalue weighted by Crippen LogP contribution is 2.12. The lowest BCUT2D eigenvalue weighted by molar-refractivity contribution is -0.137. The molecule has 0 aromatic heterocycles. The van der Waals surface area contributed by atoms with Crippen molar-refractivity contribution in [3.05, 3.63) is 12.2 Å². The fourth-order valence-corrected chi connectivity index (χ4v) is 3.05. The van der Waals surface area contributed by atoms with Gasteiger partial charge in [-0.1, -0.05) is 96.1 Å². The summed E-state index contributed by atoms with van der Waals surface area (Å²) in [5, 5.41) is 8.55. The Morgan fingerprint density at radius 2 is 0.966 bits per heavy atom. The third-order valence-electron chi connectivity index (χ3n) is 4.65.